The van der Waals surface area contributed by atoms with E-state index in [1.807, 2.05) is 4.98 Å². The van der Waals surface area contributed by atoms with Crippen molar-refractivity contribution in [1.82, 2.24) is 9.55 Å². The minimum Gasteiger partial charge on any atom is -0.295 e. The molecule has 94 valence electrons. The van der Waals surface area contributed by atoms with Gasteiger partial charge in [0.1, 0.15) is 0 Å². The minimum atomic E-state index is -1.26. The van der Waals surface area contributed by atoms with Crippen LogP contribution in [0.3, 0.4) is 0 Å². The van der Waals surface area contributed by atoms with Crippen LogP contribution < -0.4 is 11.2 Å². The van der Waals surface area contributed by atoms with Crippen LogP contribution in [0.15, 0.2) is 27.8 Å². The number of rotatable bonds is 1. The van der Waals surface area contributed by atoms with Crippen LogP contribution in [-0.4, -0.2) is 9.55 Å². The molecule has 0 amide bonds. The lowest BCUT2D eigenvalue weighted by Gasteiger charge is -2.07. The van der Waals surface area contributed by atoms with Crippen molar-refractivity contribution in [3.8, 4) is 5.69 Å². The third kappa shape index (κ3) is 2.16. The van der Waals surface area contributed by atoms with Gasteiger partial charge in [0.15, 0.2) is 5.15 Å². The van der Waals surface area contributed by atoms with Gasteiger partial charge in [-0.25, -0.2) is 9.36 Å². The van der Waals surface area contributed by atoms with Gasteiger partial charge in [-0.1, -0.05) is 34.8 Å². The fourth-order valence-electron chi connectivity index (χ4n) is 1.37. The fraction of sp³-hybridized carbons (Fsp3) is 0. The molecule has 0 saturated heterocycles. The van der Waals surface area contributed by atoms with Crippen LogP contribution in [0.2, 0.25) is 15.2 Å². The Hall–Kier alpha value is -1.30. The average molecular weight is 310 g/mol. The van der Waals surface area contributed by atoms with Crippen LogP contribution in [-0.2, 0) is 0 Å². The Morgan fingerprint density at radius 3 is 2.44 bits per heavy atom. The van der Waals surface area contributed by atoms with Gasteiger partial charge < -0.3 is 0 Å². The van der Waals surface area contributed by atoms with E-state index >= 15 is 0 Å². The SMILES string of the molecule is O=c1[nH]c(Cl)c(F)c(=O)n1-c1ccc(Cl)cc1Cl. The summed E-state index contributed by atoms with van der Waals surface area (Å²) in [6, 6.07) is 4.08. The van der Waals surface area contributed by atoms with Crippen molar-refractivity contribution in [3.63, 3.8) is 0 Å². The van der Waals surface area contributed by atoms with E-state index < -0.39 is 22.2 Å². The molecular formula is C10H4Cl3FN2O2. The van der Waals surface area contributed by atoms with Crippen molar-refractivity contribution in [2.75, 3.05) is 0 Å². The number of H-pyrrole nitrogens is 1. The monoisotopic (exact) mass is 308 g/mol. The molecule has 0 atom stereocenters. The number of nitrogens with one attached hydrogen (secondary N) is 1. The summed E-state index contributed by atoms with van der Waals surface area (Å²) in [6.45, 7) is 0. The van der Waals surface area contributed by atoms with Gasteiger partial charge in [0.25, 0.3) is 5.56 Å². The second-order valence-corrected chi connectivity index (χ2v) is 4.52. The number of nitrogens with zero attached hydrogens (tertiary/aromatic N) is 1. The number of aromatic nitrogens is 2. The lowest BCUT2D eigenvalue weighted by molar-refractivity contribution is 0.584. The first-order chi connectivity index (χ1) is 8.41. The number of hydrogen-bond acceptors (Lipinski definition) is 2. The van der Waals surface area contributed by atoms with Crippen LogP contribution in [0.25, 0.3) is 5.69 Å². The van der Waals surface area contributed by atoms with Crippen molar-refractivity contribution in [2.45, 2.75) is 0 Å². The van der Waals surface area contributed by atoms with E-state index in [-0.39, 0.29) is 10.7 Å². The molecule has 0 bridgehead atoms. The molecule has 2 rings (SSSR count). The molecule has 1 heterocycles. The maximum Gasteiger partial charge on any atom is 0.334 e. The second kappa shape index (κ2) is 4.76. The third-order valence-electron chi connectivity index (χ3n) is 2.15. The van der Waals surface area contributed by atoms with Gasteiger partial charge in [-0.3, -0.25) is 9.78 Å². The van der Waals surface area contributed by atoms with E-state index in [1.165, 1.54) is 18.2 Å². The first-order valence-corrected chi connectivity index (χ1v) is 5.71. The number of aromatic amines is 1. The quantitative estimate of drug-likeness (QED) is 0.823. The lowest BCUT2D eigenvalue weighted by Crippen LogP contribution is -2.36. The summed E-state index contributed by atoms with van der Waals surface area (Å²) < 4.78 is 13.9. The van der Waals surface area contributed by atoms with E-state index in [2.05, 4.69) is 0 Å². The summed E-state index contributed by atoms with van der Waals surface area (Å²) in [5, 5.41) is -0.286. The smallest absolute Gasteiger partial charge is 0.295 e. The van der Waals surface area contributed by atoms with Gasteiger partial charge in [-0.15, -0.1) is 0 Å². The zero-order valence-electron chi connectivity index (χ0n) is 8.51. The Morgan fingerprint density at radius 2 is 1.83 bits per heavy atom. The van der Waals surface area contributed by atoms with Crippen LogP contribution in [0, 0.1) is 5.82 Å². The fourth-order valence-corrected chi connectivity index (χ4v) is 2.03. The molecule has 1 N–H and O–H groups in total. The predicted octanol–water partition coefficient (Wildman–Crippen LogP) is 2.63. The van der Waals surface area contributed by atoms with E-state index in [9.17, 15) is 14.0 Å². The maximum atomic E-state index is 13.4. The van der Waals surface area contributed by atoms with Gasteiger partial charge in [-0.05, 0) is 18.2 Å². The standard InChI is InChI=1S/C10H4Cl3FN2O2/c11-4-1-2-6(5(12)3-4)16-9(17)7(14)8(13)15-10(16)18/h1-3H,(H,15,18). The van der Waals surface area contributed by atoms with Crippen LogP contribution in [0.1, 0.15) is 0 Å². The summed E-state index contributed by atoms with van der Waals surface area (Å²) >= 11 is 16.9. The molecule has 0 radical (unpaired) electrons. The van der Waals surface area contributed by atoms with E-state index in [1.54, 1.807) is 0 Å². The number of hydrogen-bond donors (Lipinski definition) is 1. The first-order valence-electron chi connectivity index (χ1n) is 4.57. The highest BCUT2D eigenvalue weighted by atomic mass is 35.5. The van der Waals surface area contributed by atoms with E-state index in [0.717, 1.165) is 0 Å². The number of benzene rings is 1. The predicted molar refractivity (Wildman–Crippen MR) is 67.6 cm³/mol. The van der Waals surface area contributed by atoms with Gasteiger partial charge in [0.2, 0.25) is 5.82 Å². The highest BCUT2D eigenvalue weighted by Crippen LogP contribution is 2.22. The molecule has 2 aromatic rings. The molecule has 0 aliphatic carbocycles. The Kier molecular flexibility index (Phi) is 3.47. The summed E-state index contributed by atoms with van der Waals surface area (Å²) in [5.74, 6) is -1.26. The normalized spacial score (nSPS) is 10.7. The molecule has 1 aromatic heterocycles. The molecule has 0 aliphatic rings. The molecule has 0 fully saturated rings. The van der Waals surface area contributed by atoms with Gasteiger partial charge in [0, 0.05) is 5.02 Å². The molecule has 0 saturated carbocycles. The molecule has 0 spiro atoms. The van der Waals surface area contributed by atoms with E-state index in [4.69, 9.17) is 34.8 Å². The lowest BCUT2D eigenvalue weighted by atomic mass is 10.3. The van der Waals surface area contributed by atoms with Crippen LogP contribution >= 0.6 is 34.8 Å². The number of halogens is 4. The molecule has 4 nitrogen and oxygen atoms in total. The summed E-state index contributed by atoms with van der Waals surface area (Å²) in [6.07, 6.45) is 0. The highest BCUT2D eigenvalue weighted by Gasteiger charge is 2.15. The first kappa shape index (κ1) is 13.1. The summed E-state index contributed by atoms with van der Waals surface area (Å²) in [4.78, 5) is 25.2. The van der Waals surface area contributed by atoms with Crippen LogP contribution in [0.4, 0.5) is 4.39 Å². The largest absolute Gasteiger partial charge is 0.334 e. The third-order valence-corrected chi connectivity index (χ3v) is 2.95. The van der Waals surface area contributed by atoms with Gasteiger partial charge in [-0.2, -0.15) is 4.39 Å². The molecule has 0 unspecified atom stereocenters. The molecule has 18 heavy (non-hydrogen) atoms. The minimum absolute atomic E-state index is 0.0166. The maximum absolute atomic E-state index is 13.4. The van der Waals surface area contributed by atoms with Crippen LogP contribution in [0.5, 0.6) is 0 Å². The Morgan fingerprint density at radius 1 is 1.17 bits per heavy atom. The Bertz CT molecular complexity index is 739. The Balaban J connectivity index is 2.84. The second-order valence-electron chi connectivity index (χ2n) is 3.29. The molecule has 0 aliphatic heterocycles. The molecule has 8 heteroatoms. The molecular weight excluding hydrogens is 305 g/mol. The van der Waals surface area contributed by atoms with Crippen molar-refractivity contribution in [2.24, 2.45) is 0 Å². The summed E-state index contributed by atoms with van der Waals surface area (Å²) in [5.41, 5.74) is -2.06. The van der Waals surface area contributed by atoms with Crippen molar-refractivity contribution < 1.29 is 4.39 Å². The van der Waals surface area contributed by atoms with Crippen molar-refractivity contribution >= 4 is 34.8 Å². The molecule has 1 aromatic carbocycles. The Labute approximate surface area is 115 Å². The van der Waals surface area contributed by atoms with Gasteiger partial charge in [0.05, 0.1) is 10.7 Å². The highest BCUT2D eigenvalue weighted by molar-refractivity contribution is 6.35. The average Bonchev–Trinajstić information content (AvgIpc) is 2.29. The van der Waals surface area contributed by atoms with Gasteiger partial charge >= 0.3 is 5.69 Å². The van der Waals surface area contributed by atoms with Crippen molar-refractivity contribution in [1.29, 1.82) is 0 Å². The topological polar surface area (TPSA) is 54.9 Å². The zero-order chi connectivity index (χ0) is 13.4. The summed E-state index contributed by atoms with van der Waals surface area (Å²) in [7, 11) is 0. The van der Waals surface area contributed by atoms with E-state index in [0.29, 0.717) is 9.59 Å². The zero-order valence-corrected chi connectivity index (χ0v) is 10.8. The van der Waals surface area contributed by atoms with Crippen molar-refractivity contribution in [3.05, 3.63) is 60.1 Å².